The second-order valence-corrected chi connectivity index (χ2v) is 6.39. The van der Waals surface area contributed by atoms with Crippen LogP contribution in [0.25, 0.3) is 0 Å². The third kappa shape index (κ3) is 5.63. The summed E-state index contributed by atoms with van der Waals surface area (Å²) in [5, 5.41) is 0. The molecule has 2 aromatic carbocycles. The Bertz CT molecular complexity index is 619. The fraction of sp³-hybridized carbons (Fsp3) is 0.364. The fourth-order valence-corrected chi connectivity index (χ4v) is 3.02. The molecular formula is C22H26O2. The number of ether oxygens (including phenoxy) is 2. The molecule has 0 fully saturated rings. The quantitative estimate of drug-likeness (QED) is 0.645. The van der Waals surface area contributed by atoms with Gasteiger partial charge in [0.1, 0.15) is 0 Å². The minimum Gasteiger partial charge on any atom is -0.373 e. The highest BCUT2D eigenvalue weighted by molar-refractivity contribution is 5.14. The topological polar surface area (TPSA) is 18.5 Å². The second kappa shape index (κ2) is 9.41. The van der Waals surface area contributed by atoms with Gasteiger partial charge in [0.15, 0.2) is 0 Å². The first-order chi connectivity index (χ1) is 11.9. The molecule has 0 bridgehead atoms. The molecule has 2 aromatic rings. The average Bonchev–Trinajstić information content (AvgIpc) is 2.87. The lowest BCUT2D eigenvalue weighted by Crippen LogP contribution is -2.10. The molecule has 1 atom stereocenters. The normalized spacial score (nSPS) is 18.0. The van der Waals surface area contributed by atoms with Crippen LogP contribution in [0.5, 0.6) is 0 Å². The summed E-state index contributed by atoms with van der Waals surface area (Å²) in [6.07, 6.45) is 7.09. The Morgan fingerprint density at radius 1 is 0.792 bits per heavy atom. The van der Waals surface area contributed by atoms with Crippen LogP contribution in [-0.4, -0.2) is 12.7 Å². The van der Waals surface area contributed by atoms with E-state index in [2.05, 4.69) is 54.6 Å². The Labute approximate surface area is 145 Å². The van der Waals surface area contributed by atoms with Crippen molar-refractivity contribution in [1.82, 2.24) is 0 Å². The Morgan fingerprint density at radius 3 is 2.17 bits per heavy atom. The van der Waals surface area contributed by atoms with E-state index in [1.54, 1.807) is 0 Å². The lowest BCUT2D eigenvalue weighted by Gasteiger charge is -2.14. The summed E-state index contributed by atoms with van der Waals surface area (Å²) in [5.41, 5.74) is 3.89. The summed E-state index contributed by atoms with van der Waals surface area (Å²) in [4.78, 5) is 0. The maximum absolute atomic E-state index is 6.09. The van der Waals surface area contributed by atoms with E-state index >= 15 is 0 Å². The van der Waals surface area contributed by atoms with Crippen LogP contribution in [0.1, 0.15) is 36.8 Å². The predicted octanol–water partition coefficient (Wildman–Crippen LogP) is 5.29. The first kappa shape index (κ1) is 16.9. The molecule has 0 spiro atoms. The number of benzene rings is 2. The van der Waals surface area contributed by atoms with E-state index in [4.69, 9.17) is 9.47 Å². The molecule has 0 radical (unpaired) electrons. The fourth-order valence-electron chi connectivity index (χ4n) is 3.02. The van der Waals surface area contributed by atoms with Crippen molar-refractivity contribution in [3.8, 4) is 0 Å². The molecule has 0 saturated heterocycles. The average molecular weight is 322 g/mol. The molecule has 0 N–H and O–H groups in total. The summed E-state index contributed by atoms with van der Waals surface area (Å²) >= 11 is 0. The van der Waals surface area contributed by atoms with E-state index in [0.717, 1.165) is 25.9 Å². The van der Waals surface area contributed by atoms with Gasteiger partial charge in [0.05, 0.1) is 25.9 Å². The van der Waals surface area contributed by atoms with Crippen LogP contribution in [0.15, 0.2) is 72.3 Å². The highest BCUT2D eigenvalue weighted by atomic mass is 16.5. The summed E-state index contributed by atoms with van der Waals surface area (Å²) < 4.78 is 12.0. The maximum atomic E-state index is 6.09. The van der Waals surface area contributed by atoms with Crippen molar-refractivity contribution in [2.24, 2.45) is 0 Å². The van der Waals surface area contributed by atoms with Crippen LogP contribution in [0, 0.1) is 0 Å². The smallest absolute Gasteiger partial charge is 0.0721 e. The van der Waals surface area contributed by atoms with Crippen LogP contribution < -0.4 is 0 Å². The summed E-state index contributed by atoms with van der Waals surface area (Å²) in [5.74, 6) is 0. The van der Waals surface area contributed by atoms with Crippen molar-refractivity contribution < 1.29 is 9.47 Å². The standard InChI is InChI=1S/C22H26O2/c1-3-8-19(9-4-1)16-23-17-21-12-7-13-22(15-14-21)24-18-20-10-5-2-6-11-20/h1-6,8-11,14,22H,7,12-13,15-18H2. The lowest BCUT2D eigenvalue weighted by atomic mass is 10.1. The summed E-state index contributed by atoms with van der Waals surface area (Å²) in [7, 11) is 0. The van der Waals surface area contributed by atoms with Crippen molar-refractivity contribution in [3.05, 3.63) is 83.4 Å². The molecule has 0 aliphatic heterocycles. The van der Waals surface area contributed by atoms with Crippen LogP contribution in [0.2, 0.25) is 0 Å². The van der Waals surface area contributed by atoms with Gasteiger partial charge in [-0.2, -0.15) is 0 Å². The molecule has 1 aliphatic rings. The van der Waals surface area contributed by atoms with Gasteiger partial charge in [0, 0.05) is 0 Å². The van der Waals surface area contributed by atoms with Crippen LogP contribution in [0.4, 0.5) is 0 Å². The molecule has 0 aromatic heterocycles. The van der Waals surface area contributed by atoms with Crippen molar-refractivity contribution in [2.75, 3.05) is 6.61 Å². The zero-order valence-corrected chi connectivity index (χ0v) is 14.2. The molecule has 2 heteroatoms. The van der Waals surface area contributed by atoms with E-state index in [1.165, 1.54) is 23.1 Å². The molecule has 0 amide bonds. The minimum atomic E-state index is 0.330. The third-order valence-corrected chi connectivity index (χ3v) is 4.42. The van der Waals surface area contributed by atoms with Gasteiger partial charge < -0.3 is 9.47 Å². The molecule has 3 rings (SSSR count). The second-order valence-electron chi connectivity index (χ2n) is 6.39. The number of rotatable bonds is 7. The SMILES string of the molecule is C1=C(COCc2ccccc2)CCCC(OCc2ccccc2)C1. The first-order valence-corrected chi connectivity index (χ1v) is 8.85. The van der Waals surface area contributed by atoms with Gasteiger partial charge in [-0.15, -0.1) is 0 Å². The zero-order chi connectivity index (χ0) is 16.5. The molecule has 126 valence electrons. The highest BCUT2D eigenvalue weighted by Crippen LogP contribution is 2.21. The molecule has 1 unspecified atom stereocenters. The molecule has 24 heavy (non-hydrogen) atoms. The summed E-state index contributed by atoms with van der Waals surface area (Å²) in [6.45, 7) is 2.13. The van der Waals surface area contributed by atoms with Crippen molar-refractivity contribution in [1.29, 1.82) is 0 Å². The van der Waals surface area contributed by atoms with E-state index in [1.807, 2.05) is 12.1 Å². The van der Waals surface area contributed by atoms with Gasteiger partial charge in [-0.1, -0.05) is 66.7 Å². The Kier molecular flexibility index (Phi) is 6.64. The number of hydrogen-bond acceptors (Lipinski definition) is 2. The molecular weight excluding hydrogens is 296 g/mol. The Balaban J connectivity index is 1.41. The molecule has 0 heterocycles. The van der Waals surface area contributed by atoms with Crippen LogP contribution >= 0.6 is 0 Å². The van der Waals surface area contributed by atoms with E-state index < -0.39 is 0 Å². The molecule has 1 aliphatic carbocycles. The van der Waals surface area contributed by atoms with Gasteiger partial charge in [0.25, 0.3) is 0 Å². The monoisotopic (exact) mass is 322 g/mol. The lowest BCUT2D eigenvalue weighted by molar-refractivity contribution is 0.0371. The van der Waals surface area contributed by atoms with Crippen molar-refractivity contribution in [2.45, 2.75) is 45.0 Å². The first-order valence-electron chi connectivity index (χ1n) is 8.85. The van der Waals surface area contributed by atoms with Crippen molar-refractivity contribution in [3.63, 3.8) is 0 Å². The van der Waals surface area contributed by atoms with E-state index in [-0.39, 0.29) is 0 Å². The van der Waals surface area contributed by atoms with Gasteiger partial charge >= 0.3 is 0 Å². The molecule has 2 nitrogen and oxygen atoms in total. The van der Waals surface area contributed by atoms with Gasteiger partial charge in [-0.05, 0) is 42.4 Å². The van der Waals surface area contributed by atoms with Gasteiger partial charge in [0.2, 0.25) is 0 Å². The summed E-state index contributed by atoms with van der Waals surface area (Å²) in [6, 6.07) is 20.8. The van der Waals surface area contributed by atoms with Crippen LogP contribution in [0.3, 0.4) is 0 Å². The molecule has 0 saturated carbocycles. The van der Waals surface area contributed by atoms with Gasteiger partial charge in [-0.3, -0.25) is 0 Å². The van der Waals surface area contributed by atoms with Crippen LogP contribution in [-0.2, 0) is 22.7 Å². The number of hydrogen-bond donors (Lipinski definition) is 0. The van der Waals surface area contributed by atoms with E-state index in [9.17, 15) is 0 Å². The van der Waals surface area contributed by atoms with E-state index in [0.29, 0.717) is 19.3 Å². The largest absolute Gasteiger partial charge is 0.373 e. The Morgan fingerprint density at radius 2 is 1.46 bits per heavy atom. The third-order valence-electron chi connectivity index (χ3n) is 4.42. The van der Waals surface area contributed by atoms with Gasteiger partial charge in [-0.25, -0.2) is 0 Å². The van der Waals surface area contributed by atoms with Crippen molar-refractivity contribution >= 4 is 0 Å². The Hall–Kier alpha value is -1.90. The zero-order valence-electron chi connectivity index (χ0n) is 14.2. The maximum Gasteiger partial charge on any atom is 0.0721 e. The minimum absolute atomic E-state index is 0.330. The predicted molar refractivity (Wildman–Crippen MR) is 97.7 cm³/mol. The highest BCUT2D eigenvalue weighted by Gasteiger charge is 2.13.